The number of aromatic amines is 1. The van der Waals surface area contributed by atoms with Crippen molar-refractivity contribution in [3.8, 4) is 0 Å². The van der Waals surface area contributed by atoms with Crippen LogP contribution in [0.1, 0.15) is 6.42 Å². The van der Waals surface area contributed by atoms with Gasteiger partial charge in [-0.15, -0.1) is 11.3 Å². The van der Waals surface area contributed by atoms with Gasteiger partial charge < -0.3 is 10.2 Å². The highest BCUT2D eigenvalue weighted by atomic mass is 35.5. The van der Waals surface area contributed by atoms with Gasteiger partial charge in [-0.3, -0.25) is 4.79 Å². The predicted octanol–water partition coefficient (Wildman–Crippen LogP) is 1.57. The van der Waals surface area contributed by atoms with Crippen LogP contribution in [0.15, 0.2) is 22.6 Å². The van der Waals surface area contributed by atoms with Crippen molar-refractivity contribution >= 4 is 33.8 Å². The first-order valence-corrected chi connectivity index (χ1v) is 7.14. The largest absolute Gasteiger partial charge is 0.367 e. The van der Waals surface area contributed by atoms with E-state index >= 15 is 0 Å². The van der Waals surface area contributed by atoms with Crippen LogP contribution in [0, 0.1) is 0 Å². The molecule has 2 aromatic rings. The molecule has 3 rings (SSSR count). The average Bonchev–Trinajstić information content (AvgIpc) is 3.05. The Morgan fingerprint density at radius 2 is 2.47 bits per heavy atom. The number of thiazole rings is 1. The molecule has 0 aliphatic carbocycles. The molecule has 0 spiro atoms. The van der Waals surface area contributed by atoms with Crippen LogP contribution >= 0.6 is 22.9 Å². The van der Waals surface area contributed by atoms with E-state index in [0.717, 1.165) is 24.6 Å². The van der Waals surface area contributed by atoms with Crippen molar-refractivity contribution in [2.45, 2.75) is 12.5 Å². The van der Waals surface area contributed by atoms with Crippen molar-refractivity contribution in [2.24, 2.45) is 0 Å². The van der Waals surface area contributed by atoms with Crippen molar-refractivity contribution in [1.29, 1.82) is 0 Å². The number of hydrogen-bond donors (Lipinski definition) is 2. The van der Waals surface area contributed by atoms with E-state index < -0.39 is 0 Å². The fraction of sp³-hybridized carbons (Fsp3) is 0.364. The zero-order valence-corrected chi connectivity index (χ0v) is 11.5. The highest BCUT2D eigenvalue weighted by molar-refractivity contribution is 7.13. The van der Waals surface area contributed by atoms with Crippen molar-refractivity contribution in [2.75, 3.05) is 23.3 Å². The molecule has 1 fully saturated rings. The summed E-state index contributed by atoms with van der Waals surface area (Å²) < 4.78 is 0. The minimum absolute atomic E-state index is 0.199. The van der Waals surface area contributed by atoms with Gasteiger partial charge in [0.1, 0.15) is 5.02 Å². The van der Waals surface area contributed by atoms with Gasteiger partial charge in [-0.2, -0.15) is 5.10 Å². The van der Waals surface area contributed by atoms with Crippen LogP contribution < -0.4 is 15.8 Å². The van der Waals surface area contributed by atoms with Crippen LogP contribution in [0.5, 0.6) is 0 Å². The van der Waals surface area contributed by atoms with E-state index in [9.17, 15) is 4.79 Å². The first-order chi connectivity index (χ1) is 9.24. The Balaban J connectivity index is 1.72. The third-order valence-electron chi connectivity index (χ3n) is 3.07. The van der Waals surface area contributed by atoms with E-state index in [-0.39, 0.29) is 10.6 Å². The molecule has 1 saturated heterocycles. The number of nitrogens with zero attached hydrogens (tertiary/aromatic N) is 3. The van der Waals surface area contributed by atoms with Crippen molar-refractivity contribution in [1.82, 2.24) is 15.2 Å². The van der Waals surface area contributed by atoms with E-state index in [0.29, 0.717) is 11.7 Å². The van der Waals surface area contributed by atoms with Gasteiger partial charge in [0, 0.05) is 30.7 Å². The molecule has 1 unspecified atom stereocenters. The number of halogens is 1. The maximum absolute atomic E-state index is 11.4. The average molecular weight is 298 g/mol. The van der Waals surface area contributed by atoms with Gasteiger partial charge in [-0.25, -0.2) is 10.1 Å². The molecule has 3 heterocycles. The van der Waals surface area contributed by atoms with E-state index in [1.807, 2.05) is 5.38 Å². The molecule has 0 bridgehead atoms. The van der Waals surface area contributed by atoms with Crippen molar-refractivity contribution in [3.05, 3.63) is 33.2 Å². The van der Waals surface area contributed by atoms with Crippen LogP contribution in [0.2, 0.25) is 5.02 Å². The Labute approximate surface area is 118 Å². The standard InChI is InChI=1S/C11H12ClN5OS/c12-9-8(5-14-16-10(9)18)17-3-1-7(6-17)15-11-13-2-4-19-11/h2,4-5,7H,1,3,6H2,(H,13,15)(H,16,18). The number of rotatable bonds is 3. The van der Waals surface area contributed by atoms with Crippen molar-refractivity contribution in [3.63, 3.8) is 0 Å². The maximum atomic E-state index is 11.4. The summed E-state index contributed by atoms with van der Waals surface area (Å²) in [6.45, 7) is 1.62. The number of hydrogen-bond acceptors (Lipinski definition) is 6. The Morgan fingerprint density at radius 3 is 3.26 bits per heavy atom. The third-order valence-corrected chi connectivity index (χ3v) is 4.14. The monoisotopic (exact) mass is 297 g/mol. The zero-order valence-electron chi connectivity index (χ0n) is 9.97. The summed E-state index contributed by atoms with van der Waals surface area (Å²) in [7, 11) is 0. The van der Waals surface area contributed by atoms with Gasteiger partial charge in [0.25, 0.3) is 5.56 Å². The predicted molar refractivity (Wildman–Crippen MR) is 76.2 cm³/mol. The molecule has 2 N–H and O–H groups in total. The molecular formula is C11H12ClN5OS. The lowest BCUT2D eigenvalue weighted by Gasteiger charge is -2.19. The van der Waals surface area contributed by atoms with Gasteiger partial charge in [-0.1, -0.05) is 11.6 Å². The lowest BCUT2D eigenvalue weighted by molar-refractivity contribution is 0.804. The Kier molecular flexibility index (Phi) is 3.39. The molecule has 19 heavy (non-hydrogen) atoms. The summed E-state index contributed by atoms with van der Waals surface area (Å²) in [4.78, 5) is 17.7. The van der Waals surface area contributed by atoms with Gasteiger partial charge in [0.2, 0.25) is 0 Å². The van der Waals surface area contributed by atoms with Gasteiger partial charge in [0.15, 0.2) is 5.13 Å². The van der Waals surface area contributed by atoms with Gasteiger partial charge >= 0.3 is 0 Å². The summed E-state index contributed by atoms with van der Waals surface area (Å²) in [5.41, 5.74) is 0.337. The normalized spacial score (nSPS) is 18.8. The van der Waals surface area contributed by atoms with Crippen LogP contribution in [0.4, 0.5) is 10.8 Å². The van der Waals surface area contributed by atoms with E-state index in [4.69, 9.17) is 11.6 Å². The lowest BCUT2D eigenvalue weighted by Crippen LogP contribution is -2.27. The van der Waals surface area contributed by atoms with Crippen molar-refractivity contribution < 1.29 is 0 Å². The second-order valence-corrected chi connectivity index (χ2v) is 5.58. The summed E-state index contributed by atoms with van der Waals surface area (Å²) in [5, 5.41) is 12.5. The fourth-order valence-corrected chi connectivity index (χ4v) is 2.98. The number of aromatic nitrogens is 3. The molecule has 0 amide bonds. The Hall–Kier alpha value is -1.60. The smallest absolute Gasteiger partial charge is 0.285 e. The third kappa shape index (κ3) is 2.57. The van der Waals surface area contributed by atoms with Crippen LogP contribution in [0.25, 0.3) is 0 Å². The summed E-state index contributed by atoms with van der Waals surface area (Å²) >= 11 is 7.59. The van der Waals surface area contributed by atoms with Gasteiger partial charge in [0.05, 0.1) is 11.9 Å². The molecule has 1 atom stereocenters. The number of anilines is 2. The maximum Gasteiger partial charge on any atom is 0.285 e. The number of nitrogens with one attached hydrogen (secondary N) is 2. The first-order valence-electron chi connectivity index (χ1n) is 5.88. The van der Waals surface area contributed by atoms with E-state index in [1.165, 1.54) is 0 Å². The second-order valence-electron chi connectivity index (χ2n) is 4.31. The molecule has 100 valence electrons. The number of H-pyrrole nitrogens is 1. The second kappa shape index (κ2) is 5.18. The van der Waals surface area contributed by atoms with Crippen LogP contribution in [-0.4, -0.2) is 34.3 Å². The molecule has 2 aromatic heterocycles. The molecule has 1 aliphatic rings. The summed E-state index contributed by atoms with van der Waals surface area (Å²) in [6, 6.07) is 0.307. The van der Waals surface area contributed by atoms with Crippen LogP contribution in [0.3, 0.4) is 0 Å². The fourth-order valence-electron chi connectivity index (χ4n) is 2.16. The molecule has 1 aliphatic heterocycles. The minimum atomic E-state index is -0.351. The molecule has 6 nitrogen and oxygen atoms in total. The minimum Gasteiger partial charge on any atom is -0.367 e. The van der Waals surface area contributed by atoms with E-state index in [1.54, 1.807) is 23.7 Å². The topological polar surface area (TPSA) is 73.9 Å². The molecule has 0 aromatic carbocycles. The van der Waals surface area contributed by atoms with E-state index in [2.05, 4.69) is 25.4 Å². The lowest BCUT2D eigenvalue weighted by atomic mass is 10.3. The molecular weight excluding hydrogens is 286 g/mol. The van der Waals surface area contributed by atoms with Gasteiger partial charge in [-0.05, 0) is 6.42 Å². The molecule has 0 radical (unpaired) electrons. The molecule has 0 saturated carbocycles. The van der Waals surface area contributed by atoms with Crippen LogP contribution in [-0.2, 0) is 0 Å². The highest BCUT2D eigenvalue weighted by Gasteiger charge is 2.25. The highest BCUT2D eigenvalue weighted by Crippen LogP contribution is 2.26. The SMILES string of the molecule is O=c1[nH]ncc(N2CCC(Nc3nccs3)C2)c1Cl. The Morgan fingerprint density at radius 1 is 1.58 bits per heavy atom. The zero-order chi connectivity index (χ0) is 13.2. The summed E-state index contributed by atoms with van der Waals surface area (Å²) in [6.07, 6.45) is 4.34. The summed E-state index contributed by atoms with van der Waals surface area (Å²) in [5.74, 6) is 0. The first kappa shape index (κ1) is 12.4. The quantitative estimate of drug-likeness (QED) is 0.899. The molecule has 8 heteroatoms. The Bertz CT molecular complexity index is 614.